The quantitative estimate of drug-likeness (QED) is 0.598. The summed E-state index contributed by atoms with van der Waals surface area (Å²) in [6.45, 7) is 5.15. The fraction of sp³-hybridized carbons (Fsp3) is 0.727. The Morgan fingerprint density at radius 2 is 2.26 bits per heavy atom. The molecule has 8 heteroatoms. The molecule has 19 heavy (non-hydrogen) atoms. The summed E-state index contributed by atoms with van der Waals surface area (Å²) in [7, 11) is 0. The number of carbonyl (C=O) groups excluding carboxylic acids is 1. The molecule has 1 rings (SSSR count). The van der Waals surface area contributed by atoms with Crippen molar-refractivity contribution in [3.05, 3.63) is 0 Å². The lowest BCUT2D eigenvalue weighted by Gasteiger charge is -2.21. The van der Waals surface area contributed by atoms with E-state index >= 15 is 0 Å². The minimum atomic E-state index is -1.10. The number of aliphatic imine (C=N–C) groups is 1. The smallest absolute Gasteiger partial charge is 0.408 e. The first-order valence-corrected chi connectivity index (χ1v) is 7.63. The highest BCUT2D eigenvalue weighted by molar-refractivity contribution is 9.09. The molecule has 0 aromatic carbocycles. The number of rotatable bonds is 4. The van der Waals surface area contributed by atoms with Crippen molar-refractivity contribution in [1.82, 2.24) is 5.32 Å². The highest BCUT2D eigenvalue weighted by Crippen LogP contribution is 2.24. The molecule has 0 fully saturated rings. The van der Waals surface area contributed by atoms with Crippen molar-refractivity contribution in [3.63, 3.8) is 0 Å². The van der Waals surface area contributed by atoms with Crippen molar-refractivity contribution < 1.29 is 19.4 Å². The van der Waals surface area contributed by atoms with Gasteiger partial charge in [0.2, 0.25) is 0 Å². The Morgan fingerprint density at radius 1 is 1.63 bits per heavy atom. The summed E-state index contributed by atoms with van der Waals surface area (Å²) in [5.41, 5.74) is -0.659. The molecule has 0 saturated carbocycles. The van der Waals surface area contributed by atoms with Gasteiger partial charge in [0.1, 0.15) is 16.6 Å². The third-order valence-corrected chi connectivity index (χ3v) is 4.08. The lowest BCUT2D eigenvalue weighted by molar-refractivity contribution is -0.139. The summed E-state index contributed by atoms with van der Waals surface area (Å²) in [6.07, 6.45) is -0.569. The lowest BCUT2D eigenvalue weighted by Crippen LogP contribution is -2.44. The summed E-state index contributed by atoms with van der Waals surface area (Å²) < 4.78 is 5.03. The molecule has 1 aliphatic heterocycles. The molecule has 0 spiro atoms. The number of hydrogen-bond acceptors (Lipinski definition) is 5. The van der Waals surface area contributed by atoms with Crippen LogP contribution in [-0.4, -0.2) is 44.6 Å². The number of carboxylic acid groups (broad SMARTS) is 1. The van der Waals surface area contributed by atoms with Crippen LogP contribution in [0.25, 0.3) is 0 Å². The van der Waals surface area contributed by atoms with Crippen LogP contribution >= 0.6 is 27.7 Å². The van der Waals surface area contributed by atoms with Gasteiger partial charge in [-0.25, -0.2) is 9.59 Å². The average molecular weight is 353 g/mol. The van der Waals surface area contributed by atoms with Crippen LogP contribution in [0.5, 0.6) is 0 Å². The van der Waals surface area contributed by atoms with Crippen LogP contribution in [0.2, 0.25) is 0 Å². The number of thioether (sulfide) groups is 1. The molecule has 0 saturated heterocycles. The largest absolute Gasteiger partial charge is 0.480 e. The average Bonchev–Trinajstić information content (AvgIpc) is 2.60. The van der Waals surface area contributed by atoms with Gasteiger partial charge in [0.15, 0.2) is 0 Å². The van der Waals surface area contributed by atoms with Gasteiger partial charge in [-0.2, -0.15) is 0 Å². The number of nitrogens with one attached hydrogen (secondary N) is 1. The fourth-order valence-electron chi connectivity index (χ4n) is 1.33. The summed E-state index contributed by atoms with van der Waals surface area (Å²) >= 11 is 4.81. The van der Waals surface area contributed by atoms with E-state index < -0.39 is 23.7 Å². The first-order chi connectivity index (χ1) is 8.67. The van der Waals surface area contributed by atoms with Crippen molar-refractivity contribution in [2.24, 2.45) is 4.99 Å². The summed E-state index contributed by atoms with van der Waals surface area (Å²) in [4.78, 5) is 26.9. The molecule has 1 heterocycles. The molecule has 2 atom stereocenters. The van der Waals surface area contributed by atoms with E-state index in [1.807, 2.05) is 0 Å². The van der Waals surface area contributed by atoms with Crippen LogP contribution in [-0.2, 0) is 9.53 Å². The second-order valence-electron chi connectivity index (χ2n) is 5.01. The first kappa shape index (κ1) is 16.3. The molecule has 0 radical (unpaired) electrons. The second-order valence-corrected chi connectivity index (χ2v) is 7.16. The number of alkyl halides is 1. The minimum Gasteiger partial charge on any atom is -0.480 e. The zero-order valence-electron chi connectivity index (χ0n) is 11.0. The molecule has 1 amide bonds. The predicted octanol–water partition coefficient (Wildman–Crippen LogP) is 2.22. The van der Waals surface area contributed by atoms with Gasteiger partial charge in [-0.05, 0) is 20.8 Å². The molecule has 0 aromatic heterocycles. The van der Waals surface area contributed by atoms with Gasteiger partial charge < -0.3 is 15.2 Å². The maximum Gasteiger partial charge on any atom is 0.408 e. The van der Waals surface area contributed by atoms with Crippen LogP contribution in [0.4, 0.5) is 4.79 Å². The lowest BCUT2D eigenvalue weighted by atomic mass is 10.2. The molecular weight excluding hydrogens is 336 g/mol. The topological polar surface area (TPSA) is 88.0 Å². The van der Waals surface area contributed by atoms with Crippen molar-refractivity contribution in [1.29, 1.82) is 0 Å². The molecule has 108 valence electrons. The molecule has 1 aliphatic rings. The molecule has 1 unspecified atom stereocenters. The monoisotopic (exact) mass is 352 g/mol. The number of halogens is 1. The van der Waals surface area contributed by atoms with Gasteiger partial charge in [0.25, 0.3) is 0 Å². The molecule has 0 bridgehead atoms. The highest BCUT2D eigenvalue weighted by atomic mass is 79.9. The maximum absolute atomic E-state index is 11.6. The van der Waals surface area contributed by atoms with Gasteiger partial charge in [-0.1, -0.05) is 15.9 Å². The van der Waals surface area contributed by atoms with E-state index in [0.717, 1.165) is 5.75 Å². The number of aliphatic carboxylic acids is 1. The number of carboxylic acids is 1. The Bertz CT molecular complexity index is 395. The van der Waals surface area contributed by atoms with Crippen LogP contribution in [0, 0.1) is 0 Å². The molecule has 0 aliphatic carbocycles. The Balaban J connectivity index is 2.56. The third-order valence-electron chi connectivity index (χ3n) is 2.04. The van der Waals surface area contributed by atoms with Crippen LogP contribution in [0.15, 0.2) is 4.99 Å². The van der Waals surface area contributed by atoms with Crippen LogP contribution in [0.3, 0.4) is 0 Å². The number of amides is 1. The van der Waals surface area contributed by atoms with Gasteiger partial charge in [-0.3, -0.25) is 4.99 Å². The summed E-state index contributed by atoms with van der Waals surface area (Å²) in [5, 5.41) is 12.2. The first-order valence-electron chi connectivity index (χ1n) is 5.73. The fourth-order valence-corrected chi connectivity index (χ4v) is 3.00. The molecule has 6 nitrogen and oxygen atoms in total. The number of alkyl carbamates (subject to hydrolysis) is 1. The molecule has 2 N–H and O–H groups in total. The highest BCUT2D eigenvalue weighted by Gasteiger charge is 2.27. The minimum absolute atomic E-state index is 0.0171. The van der Waals surface area contributed by atoms with Crippen molar-refractivity contribution in [2.75, 3.05) is 5.75 Å². The zero-order valence-corrected chi connectivity index (χ0v) is 13.4. The summed E-state index contributed by atoms with van der Waals surface area (Å²) in [6, 6.07) is -1.03. The van der Waals surface area contributed by atoms with Gasteiger partial charge in [0.05, 0.1) is 5.04 Å². The van der Waals surface area contributed by atoms with E-state index in [2.05, 4.69) is 26.2 Å². The Hall–Kier alpha value is -0.760. The van der Waals surface area contributed by atoms with Crippen molar-refractivity contribution in [2.45, 2.75) is 43.8 Å². The standard InChI is InChI=1S/C11H17BrN2O4S/c1-11(2,3)18-10(17)13-6(9(15)16)4-8-14-7(12)5-19-8/h6-7H,4-5H2,1-3H3,(H,13,17)(H,15,16)/t6-,7?/m0/s1. The predicted molar refractivity (Wildman–Crippen MR) is 78.0 cm³/mol. The van der Waals surface area contributed by atoms with E-state index in [-0.39, 0.29) is 11.4 Å². The number of hydrogen-bond donors (Lipinski definition) is 2. The number of ether oxygens (including phenoxy) is 1. The van der Waals surface area contributed by atoms with E-state index in [0.29, 0.717) is 5.04 Å². The van der Waals surface area contributed by atoms with E-state index in [1.54, 1.807) is 20.8 Å². The van der Waals surface area contributed by atoms with Gasteiger partial charge in [0, 0.05) is 12.2 Å². The molecule has 0 aromatic rings. The number of nitrogens with zero attached hydrogens (tertiary/aromatic N) is 1. The normalized spacial score (nSPS) is 20.6. The van der Waals surface area contributed by atoms with Crippen LogP contribution in [0.1, 0.15) is 27.2 Å². The summed E-state index contributed by atoms with van der Waals surface area (Å²) in [5.74, 6) is -0.333. The third kappa shape index (κ3) is 6.29. The van der Waals surface area contributed by atoms with E-state index in [4.69, 9.17) is 9.84 Å². The van der Waals surface area contributed by atoms with Gasteiger partial charge in [-0.15, -0.1) is 11.8 Å². The van der Waals surface area contributed by atoms with Gasteiger partial charge >= 0.3 is 12.1 Å². The number of carbonyl (C=O) groups is 2. The SMILES string of the molecule is CC(C)(C)OC(=O)N[C@@H](CC1=NC(Br)CS1)C(=O)O. The Kier molecular flexibility index (Phi) is 5.66. The van der Waals surface area contributed by atoms with Crippen molar-refractivity contribution >= 4 is 44.8 Å². The van der Waals surface area contributed by atoms with E-state index in [1.165, 1.54) is 11.8 Å². The Morgan fingerprint density at radius 3 is 2.68 bits per heavy atom. The second kappa shape index (κ2) is 6.60. The Labute approximate surface area is 124 Å². The van der Waals surface area contributed by atoms with Crippen molar-refractivity contribution in [3.8, 4) is 0 Å². The molecular formula is C11H17BrN2O4S. The van der Waals surface area contributed by atoms with E-state index in [9.17, 15) is 9.59 Å². The maximum atomic E-state index is 11.6. The zero-order chi connectivity index (χ0) is 14.6. The van der Waals surface area contributed by atoms with Crippen LogP contribution < -0.4 is 5.32 Å².